The van der Waals surface area contributed by atoms with Gasteiger partial charge >= 0.3 is 5.97 Å². The molecule has 0 saturated heterocycles. The lowest BCUT2D eigenvalue weighted by atomic mass is 9.90. The third kappa shape index (κ3) is 4.03. The number of carbonyl (C=O) groups excluding carboxylic acids is 2. The molecule has 0 spiro atoms. The first-order valence-electron chi connectivity index (χ1n) is 10.1. The Morgan fingerprint density at radius 3 is 2.70 bits per heavy atom. The van der Waals surface area contributed by atoms with Crippen LogP contribution in [0.15, 0.2) is 41.4 Å². The molecule has 0 aliphatic heterocycles. The number of thiazole rings is 1. The molecule has 0 unspecified atom stereocenters. The van der Waals surface area contributed by atoms with Gasteiger partial charge in [-0.25, -0.2) is 0 Å². The van der Waals surface area contributed by atoms with Crippen LogP contribution in [0.3, 0.4) is 0 Å². The summed E-state index contributed by atoms with van der Waals surface area (Å²) in [5.41, 5.74) is 3.86. The van der Waals surface area contributed by atoms with Gasteiger partial charge in [-0.05, 0) is 68.0 Å². The normalized spacial score (nSPS) is 13.9. The molecule has 30 heavy (non-hydrogen) atoms. The molecule has 0 saturated carbocycles. The number of nitrogens with zero attached hydrogens (tertiary/aromatic N) is 2. The second-order valence-corrected chi connectivity index (χ2v) is 8.20. The zero-order chi connectivity index (χ0) is 21.1. The molecule has 1 aliphatic rings. The number of amides is 1. The predicted octanol–water partition coefficient (Wildman–Crippen LogP) is 3.89. The van der Waals surface area contributed by atoms with E-state index in [-0.39, 0.29) is 18.4 Å². The molecule has 1 heterocycles. The lowest BCUT2D eigenvalue weighted by Crippen LogP contribution is -2.23. The Balaban J connectivity index is 1.79. The molecule has 3 aromatic rings. The van der Waals surface area contributed by atoms with Gasteiger partial charge in [0.15, 0.2) is 4.80 Å². The van der Waals surface area contributed by atoms with E-state index in [1.165, 1.54) is 28.9 Å². The molecule has 0 radical (unpaired) electrons. The highest BCUT2D eigenvalue weighted by molar-refractivity contribution is 7.16. The van der Waals surface area contributed by atoms with Crippen LogP contribution in [0.2, 0.25) is 0 Å². The number of esters is 1. The van der Waals surface area contributed by atoms with Gasteiger partial charge in [-0.3, -0.25) is 9.59 Å². The maximum Gasteiger partial charge on any atom is 0.326 e. The van der Waals surface area contributed by atoms with Gasteiger partial charge in [-0.15, -0.1) is 0 Å². The van der Waals surface area contributed by atoms with Crippen molar-refractivity contribution in [1.82, 2.24) is 4.57 Å². The van der Waals surface area contributed by atoms with Crippen LogP contribution in [0, 0.1) is 0 Å². The molecule has 0 fully saturated rings. The van der Waals surface area contributed by atoms with E-state index >= 15 is 0 Å². The number of aryl methyl sites for hydroxylation is 2. The summed E-state index contributed by atoms with van der Waals surface area (Å²) in [5, 5.41) is 0. The van der Waals surface area contributed by atoms with Gasteiger partial charge < -0.3 is 14.0 Å². The smallest absolute Gasteiger partial charge is 0.326 e. The number of aromatic nitrogens is 1. The summed E-state index contributed by atoms with van der Waals surface area (Å²) >= 11 is 1.35. The van der Waals surface area contributed by atoms with Crippen molar-refractivity contribution in [2.75, 3.05) is 13.7 Å². The fourth-order valence-corrected chi connectivity index (χ4v) is 4.89. The molecule has 1 aromatic heterocycles. The number of hydrogen-bond acceptors (Lipinski definition) is 5. The van der Waals surface area contributed by atoms with Crippen molar-refractivity contribution in [1.29, 1.82) is 0 Å². The average molecular weight is 425 g/mol. The van der Waals surface area contributed by atoms with Crippen LogP contribution in [-0.4, -0.2) is 30.2 Å². The first kappa shape index (κ1) is 20.3. The fraction of sp³-hybridized carbons (Fsp3) is 0.348. The monoisotopic (exact) mass is 424 g/mol. The molecule has 156 valence electrons. The number of fused-ring (bicyclic) bond motifs is 2. The van der Waals surface area contributed by atoms with Gasteiger partial charge in [0.2, 0.25) is 0 Å². The molecule has 7 heteroatoms. The van der Waals surface area contributed by atoms with Crippen molar-refractivity contribution in [2.24, 2.45) is 4.99 Å². The Kier molecular flexibility index (Phi) is 5.99. The molecular weight excluding hydrogens is 400 g/mol. The summed E-state index contributed by atoms with van der Waals surface area (Å²) in [7, 11) is 1.58. The highest BCUT2D eigenvalue weighted by atomic mass is 32.1. The maximum absolute atomic E-state index is 13.0. The molecule has 0 N–H and O–H groups in total. The Hall–Kier alpha value is -2.93. The second-order valence-electron chi connectivity index (χ2n) is 7.19. The quantitative estimate of drug-likeness (QED) is 0.583. The molecular formula is C23H24N2O4S. The molecule has 6 nitrogen and oxygen atoms in total. The maximum atomic E-state index is 13.0. The zero-order valence-electron chi connectivity index (χ0n) is 17.1. The van der Waals surface area contributed by atoms with E-state index < -0.39 is 0 Å². The first-order valence-corrected chi connectivity index (χ1v) is 10.9. The largest absolute Gasteiger partial charge is 0.495 e. The summed E-state index contributed by atoms with van der Waals surface area (Å²) in [6.07, 6.45) is 4.41. The number of rotatable bonds is 5. The number of hydrogen-bond donors (Lipinski definition) is 0. The highest BCUT2D eigenvalue weighted by Crippen LogP contribution is 2.27. The Bertz CT molecular complexity index is 1180. The summed E-state index contributed by atoms with van der Waals surface area (Å²) < 4.78 is 13.2. The SMILES string of the molecule is CCOC(=O)Cn1c(=NC(=O)c2ccc3c(c2)CCCC3)sc2cccc(OC)c21. The van der Waals surface area contributed by atoms with Crippen LogP contribution in [-0.2, 0) is 28.9 Å². The minimum absolute atomic E-state index is 0.0372. The Morgan fingerprint density at radius 2 is 1.93 bits per heavy atom. The second kappa shape index (κ2) is 8.83. The van der Waals surface area contributed by atoms with Crippen molar-refractivity contribution >= 4 is 33.4 Å². The van der Waals surface area contributed by atoms with Crippen molar-refractivity contribution in [3.8, 4) is 5.75 Å². The summed E-state index contributed by atoms with van der Waals surface area (Å²) in [4.78, 5) is 30.0. The van der Waals surface area contributed by atoms with Crippen molar-refractivity contribution in [3.05, 3.63) is 57.9 Å². The van der Waals surface area contributed by atoms with E-state index in [0.717, 1.165) is 29.5 Å². The molecule has 1 aliphatic carbocycles. The van der Waals surface area contributed by atoms with Crippen LogP contribution in [0.25, 0.3) is 10.2 Å². The molecule has 0 bridgehead atoms. The first-order chi connectivity index (χ1) is 14.6. The average Bonchev–Trinajstić information content (AvgIpc) is 3.10. The molecule has 4 rings (SSSR count). The third-order valence-corrected chi connectivity index (χ3v) is 6.31. The van der Waals surface area contributed by atoms with Crippen molar-refractivity contribution < 1.29 is 19.1 Å². The highest BCUT2D eigenvalue weighted by Gasteiger charge is 2.17. The summed E-state index contributed by atoms with van der Waals surface area (Å²) in [6, 6.07) is 11.5. The van der Waals surface area contributed by atoms with E-state index in [1.54, 1.807) is 18.6 Å². The van der Waals surface area contributed by atoms with E-state index in [9.17, 15) is 9.59 Å². The number of benzene rings is 2. The van der Waals surface area contributed by atoms with Gasteiger partial charge in [0.25, 0.3) is 5.91 Å². The summed E-state index contributed by atoms with van der Waals surface area (Å²) in [5.74, 6) is -0.0759. The topological polar surface area (TPSA) is 69.9 Å². The van der Waals surface area contributed by atoms with Gasteiger partial charge in [0.1, 0.15) is 17.8 Å². The van der Waals surface area contributed by atoms with Gasteiger partial charge in [-0.2, -0.15) is 4.99 Å². The van der Waals surface area contributed by atoms with Crippen LogP contribution in [0.5, 0.6) is 5.75 Å². The van der Waals surface area contributed by atoms with Gasteiger partial charge in [0.05, 0.1) is 18.4 Å². The van der Waals surface area contributed by atoms with Crippen LogP contribution in [0.1, 0.15) is 41.3 Å². The Labute approximate surface area is 178 Å². The van der Waals surface area contributed by atoms with Crippen molar-refractivity contribution in [3.63, 3.8) is 0 Å². The lowest BCUT2D eigenvalue weighted by Gasteiger charge is -2.15. The van der Waals surface area contributed by atoms with Gasteiger partial charge in [0, 0.05) is 5.56 Å². The predicted molar refractivity (Wildman–Crippen MR) is 116 cm³/mol. The van der Waals surface area contributed by atoms with Crippen LogP contribution in [0.4, 0.5) is 0 Å². The lowest BCUT2D eigenvalue weighted by molar-refractivity contribution is -0.143. The fourth-order valence-electron chi connectivity index (χ4n) is 3.85. The number of para-hydroxylation sites is 1. The third-order valence-electron chi connectivity index (χ3n) is 5.27. The van der Waals surface area contributed by atoms with E-state index in [1.807, 2.05) is 36.4 Å². The van der Waals surface area contributed by atoms with Crippen LogP contribution < -0.4 is 9.54 Å². The van der Waals surface area contributed by atoms with E-state index in [4.69, 9.17) is 9.47 Å². The molecule has 1 amide bonds. The van der Waals surface area contributed by atoms with Crippen molar-refractivity contribution in [2.45, 2.75) is 39.2 Å². The molecule has 2 aromatic carbocycles. The van der Waals surface area contributed by atoms with E-state index in [0.29, 0.717) is 22.7 Å². The molecule has 0 atom stereocenters. The van der Waals surface area contributed by atoms with Gasteiger partial charge in [-0.1, -0.05) is 23.5 Å². The minimum Gasteiger partial charge on any atom is -0.495 e. The number of carbonyl (C=O) groups is 2. The Morgan fingerprint density at radius 1 is 1.13 bits per heavy atom. The minimum atomic E-state index is -0.384. The zero-order valence-corrected chi connectivity index (χ0v) is 18.0. The van der Waals surface area contributed by atoms with Crippen LogP contribution >= 0.6 is 11.3 Å². The number of methoxy groups -OCH3 is 1. The van der Waals surface area contributed by atoms with E-state index in [2.05, 4.69) is 4.99 Å². The summed E-state index contributed by atoms with van der Waals surface area (Å²) in [6.45, 7) is 2.02. The number of ether oxygens (including phenoxy) is 2. The standard InChI is InChI=1S/C23H24N2O4S/c1-3-29-20(26)14-25-21-18(28-2)9-6-10-19(21)30-23(25)24-22(27)17-12-11-15-7-4-5-8-16(15)13-17/h6,9-13H,3-5,7-8,14H2,1-2H3.